The Morgan fingerprint density at radius 3 is 2.35 bits per heavy atom. The molecule has 3 rings (SSSR count). The highest BCUT2D eigenvalue weighted by atomic mass is 19.4. The van der Waals surface area contributed by atoms with Crippen LogP contribution in [0.15, 0.2) is 42.5 Å². The molecule has 1 aliphatic rings. The first kappa shape index (κ1) is 18.7. The van der Waals surface area contributed by atoms with Crippen LogP contribution >= 0.6 is 0 Å². The summed E-state index contributed by atoms with van der Waals surface area (Å²) in [6.07, 6.45) is -4.42. The first-order valence-corrected chi connectivity index (χ1v) is 8.35. The number of hydrogen-bond acceptors (Lipinski definition) is 3. The number of nitrogens with zero attached hydrogens (tertiary/aromatic N) is 1. The van der Waals surface area contributed by atoms with E-state index in [0.717, 1.165) is 25.2 Å². The molecule has 2 aromatic rings. The summed E-state index contributed by atoms with van der Waals surface area (Å²) in [6, 6.07) is 9.34. The number of methoxy groups -OCH3 is 1. The summed E-state index contributed by atoms with van der Waals surface area (Å²) in [6.45, 7) is 2.78. The van der Waals surface area contributed by atoms with E-state index in [0.29, 0.717) is 24.2 Å². The van der Waals surface area contributed by atoms with Crippen LogP contribution in [0.4, 0.5) is 17.6 Å². The third-order valence-corrected chi connectivity index (χ3v) is 4.54. The largest absolute Gasteiger partial charge is 0.494 e. The zero-order valence-corrected chi connectivity index (χ0v) is 14.3. The first-order chi connectivity index (χ1) is 12.4. The Hall–Kier alpha value is -2.12. The van der Waals surface area contributed by atoms with Gasteiger partial charge in [-0.3, -0.25) is 4.90 Å². The number of piperazine rings is 1. The van der Waals surface area contributed by atoms with E-state index in [1.165, 1.54) is 25.3 Å². The average Bonchev–Trinajstić information content (AvgIpc) is 2.63. The summed E-state index contributed by atoms with van der Waals surface area (Å²) in [4.78, 5) is 2.06. The van der Waals surface area contributed by atoms with Gasteiger partial charge in [-0.2, -0.15) is 13.2 Å². The fourth-order valence-corrected chi connectivity index (χ4v) is 3.29. The molecule has 0 spiro atoms. The SMILES string of the molecule is COc1ccc(C(c2cccc(C(F)(F)F)c2)N2CCNCC2)cc1F. The molecule has 0 bridgehead atoms. The minimum absolute atomic E-state index is 0.108. The molecule has 1 atom stereocenters. The van der Waals surface area contributed by atoms with Gasteiger partial charge >= 0.3 is 6.18 Å². The molecule has 1 aliphatic heterocycles. The fourth-order valence-electron chi connectivity index (χ4n) is 3.29. The summed E-state index contributed by atoms with van der Waals surface area (Å²) in [7, 11) is 1.37. The molecule has 26 heavy (non-hydrogen) atoms. The van der Waals surface area contributed by atoms with Crippen LogP contribution in [0, 0.1) is 5.82 Å². The van der Waals surface area contributed by atoms with Gasteiger partial charge in [0.1, 0.15) is 0 Å². The highest BCUT2D eigenvalue weighted by molar-refractivity contribution is 5.38. The number of alkyl halides is 3. The van der Waals surface area contributed by atoms with Crippen LogP contribution in [0.5, 0.6) is 5.75 Å². The average molecular weight is 368 g/mol. The Bertz CT molecular complexity index is 757. The van der Waals surface area contributed by atoms with E-state index < -0.39 is 23.6 Å². The second-order valence-corrected chi connectivity index (χ2v) is 6.21. The van der Waals surface area contributed by atoms with E-state index in [4.69, 9.17) is 4.74 Å². The van der Waals surface area contributed by atoms with Gasteiger partial charge in [-0.25, -0.2) is 4.39 Å². The molecule has 1 N–H and O–H groups in total. The van der Waals surface area contributed by atoms with E-state index >= 15 is 0 Å². The van der Waals surface area contributed by atoms with Gasteiger partial charge in [-0.1, -0.05) is 18.2 Å². The van der Waals surface area contributed by atoms with Crippen molar-refractivity contribution in [2.75, 3.05) is 33.3 Å². The number of ether oxygens (including phenoxy) is 1. The molecule has 1 saturated heterocycles. The molecule has 0 amide bonds. The van der Waals surface area contributed by atoms with Crippen LogP contribution in [0.25, 0.3) is 0 Å². The first-order valence-electron chi connectivity index (χ1n) is 8.35. The maximum atomic E-state index is 14.2. The fraction of sp³-hybridized carbons (Fsp3) is 0.368. The van der Waals surface area contributed by atoms with Crippen LogP contribution in [-0.4, -0.2) is 38.2 Å². The van der Waals surface area contributed by atoms with Crippen LogP contribution < -0.4 is 10.1 Å². The molecule has 0 aliphatic carbocycles. The smallest absolute Gasteiger partial charge is 0.416 e. The van der Waals surface area contributed by atoms with Crippen molar-refractivity contribution in [3.8, 4) is 5.75 Å². The third kappa shape index (κ3) is 3.99. The topological polar surface area (TPSA) is 24.5 Å². The molecule has 1 unspecified atom stereocenters. The maximum Gasteiger partial charge on any atom is 0.416 e. The van der Waals surface area contributed by atoms with E-state index in [1.807, 2.05) is 0 Å². The van der Waals surface area contributed by atoms with Crippen molar-refractivity contribution < 1.29 is 22.3 Å². The van der Waals surface area contributed by atoms with Crippen molar-refractivity contribution in [3.63, 3.8) is 0 Å². The van der Waals surface area contributed by atoms with Gasteiger partial charge in [-0.05, 0) is 35.4 Å². The van der Waals surface area contributed by atoms with Gasteiger partial charge in [0.05, 0.1) is 18.7 Å². The lowest BCUT2D eigenvalue weighted by atomic mass is 9.94. The molecule has 1 heterocycles. The lowest BCUT2D eigenvalue weighted by Gasteiger charge is -2.36. The molecular weight excluding hydrogens is 348 g/mol. The van der Waals surface area contributed by atoms with Gasteiger partial charge in [0.25, 0.3) is 0 Å². The van der Waals surface area contributed by atoms with Crippen molar-refractivity contribution in [2.24, 2.45) is 0 Å². The van der Waals surface area contributed by atoms with Crippen LogP contribution in [0.3, 0.4) is 0 Å². The normalized spacial score (nSPS) is 17.1. The van der Waals surface area contributed by atoms with E-state index in [-0.39, 0.29) is 5.75 Å². The maximum absolute atomic E-state index is 14.2. The summed E-state index contributed by atoms with van der Waals surface area (Å²) < 4.78 is 58.6. The van der Waals surface area contributed by atoms with Crippen LogP contribution in [0.1, 0.15) is 22.7 Å². The molecular formula is C19H20F4N2O. The van der Waals surface area contributed by atoms with Crippen molar-refractivity contribution >= 4 is 0 Å². The van der Waals surface area contributed by atoms with Gasteiger partial charge in [-0.15, -0.1) is 0 Å². The van der Waals surface area contributed by atoms with Crippen LogP contribution in [-0.2, 0) is 6.18 Å². The Morgan fingerprint density at radius 2 is 1.73 bits per heavy atom. The minimum atomic E-state index is -4.42. The molecule has 2 aromatic carbocycles. The van der Waals surface area contributed by atoms with Gasteiger partial charge < -0.3 is 10.1 Å². The number of nitrogens with one attached hydrogen (secondary N) is 1. The third-order valence-electron chi connectivity index (χ3n) is 4.54. The number of rotatable bonds is 4. The second kappa shape index (κ2) is 7.63. The molecule has 1 fully saturated rings. The van der Waals surface area contributed by atoms with Crippen LogP contribution in [0.2, 0.25) is 0 Å². The van der Waals surface area contributed by atoms with Crippen molar-refractivity contribution in [1.29, 1.82) is 0 Å². The summed E-state index contributed by atoms with van der Waals surface area (Å²) in [5.74, 6) is -0.422. The monoisotopic (exact) mass is 368 g/mol. The highest BCUT2D eigenvalue weighted by Gasteiger charge is 2.32. The summed E-state index contributed by atoms with van der Waals surface area (Å²) in [5, 5.41) is 3.22. The van der Waals surface area contributed by atoms with Crippen molar-refractivity contribution in [2.45, 2.75) is 12.2 Å². The molecule has 3 nitrogen and oxygen atoms in total. The predicted octanol–water partition coefficient (Wildman–Crippen LogP) is 3.85. The number of hydrogen-bond donors (Lipinski definition) is 1. The Balaban J connectivity index is 2.05. The van der Waals surface area contributed by atoms with Gasteiger partial charge in [0.2, 0.25) is 0 Å². The molecule has 140 valence electrons. The van der Waals surface area contributed by atoms with Crippen molar-refractivity contribution in [1.82, 2.24) is 10.2 Å². The lowest BCUT2D eigenvalue weighted by Crippen LogP contribution is -2.45. The lowest BCUT2D eigenvalue weighted by molar-refractivity contribution is -0.137. The van der Waals surface area contributed by atoms with E-state index in [9.17, 15) is 17.6 Å². The predicted molar refractivity (Wildman–Crippen MR) is 90.7 cm³/mol. The molecule has 0 radical (unpaired) electrons. The molecule has 0 aromatic heterocycles. The number of halogens is 4. The summed E-state index contributed by atoms with van der Waals surface area (Å²) in [5.41, 5.74) is 0.389. The van der Waals surface area contributed by atoms with E-state index in [1.54, 1.807) is 12.1 Å². The zero-order chi connectivity index (χ0) is 18.7. The van der Waals surface area contributed by atoms with Crippen molar-refractivity contribution in [3.05, 3.63) is 65.0 Å². The minimum Gasteiger partial charge on any atom is -0.494 e. The highest BCUT2D eigenvalue weighted by Crippen LogP contribution is 2.35. The molecule has 7 heteroatoms. The summed E-state index contributed by atoms with van der Waals surface area (Å²) >= 11 is 0. The zero-order valence-electron chi connectivity index (χ0n) is 14.3. The Labute approximate surface area is 149 Å². The number of benzene rings is 2. The van der Waals surface area contributed by atoms with Gasteiger partial charge in [0, 0.05) is 26.2 Å². The second-order valence-electron chi connectivity index (χ2n) is 6.21. The van der Waals surface area contributed by atoms with E-state index in [2.05, 4.69) is 10.2 Å². The molecule has 0 saturated carbocycles. The Morgan fingerprint density at radius 1 is 1.04 bits per heavy atom. The van der Waals surface area contributed by atoms with Gasteiger partial charge in [0.15, 0.2) is 11.6 Å². The quantitative estimate of drug-likeness (QED) is 0.830. The Kier molecular flexibility index (Phi) is 5.48. The standard InChI is InChI=1S/C19H20F4N2O/c1-26-17-6-5-14(12-16(17)20)18(25-9-7-24-8-10-25)13-3-2-4-15(11-13)19(21,22)23/h2-6,11-12,18,24H,7-10H2,1H3.